The molecule has 0 aromatic rings. The standard InChI is InChI=1S/C18H28O4/c1-4-17(2,3)13-5-7-14(8-6-13)18(11-12-18)22-16(21)10-9-15(19)20/h9-10,13-14H,4-8,11-12H2,1-3H3,(H,19,20)/b10-9+. The molecule has 0 aromatic heterocycles. The van der Waals surface area contributed by atoms with Crippen LogP contribution < -0.4 is 0 Å². The van der Waals surface area contributed by atoms with Crippen molar-refractivity contribution in [3.8, 4) is 0 Å². The van der Waals surface area contributed by atoms with E-state index in [-0.39, 0.29) is 5.60 Å². The van der Waals surface area contributed by atoms with E-state index in [2.05, 4.69) is 20.8 Å². The predicted octanol–water partition coefficient (Wildman–Crippen LogP) is 3.95. The average molecular weight is 308 g/mol. The molecule has 1 N–H and O–H groups in total. The third kappa shape index (κ3) is 3.90. The molecular formula is C18H28O4. The molecule has 0 amide bonds. The Kier molecular flexibility index (Phi) is 4.98. The molecule has 0 bridgehead atoms. The second kappa shape index (κ2) is 6.43. The molecule has 2 aliphatic carbocycles. The third-order valence-corrected chi connectivity index (χ3v) is 5.90. The Morgan fingerprint density at radius 1 is 1.18 bits per heavy atom. The van der Waals surface area contributed by atoms with Crippen molar-refractivity contribution in [2.45, 2.75) is 71.3 Å². The first-order valence-corrected chi connectivity index (χ1v) is 8.43. The number of ether oxygens (including phenoxy) is 1. The molecule has 0 saturated heterocycles. The molecule has 0 unspecified atom stereocenters. The molecule has 4 nitrogen and oxygen atoms in total. The zero-order valence-electron chi connectivity index (χ0n) is 13.9. The van der Waals surface area contributed by atoms with Gasteiger partial charge in [-0.1, -0.05) is 27.2 Å². The Labute approximate surface area is 132 Å². The Hall–Kier alpha value is -1.32. The molecule has 0 radical (unpaired) electrons. The number of carbonyl (C=O) groups is 2. The van der Waals surface area contributed by atoms with Gasteiger partial charge in [-0.3, -0.25) is 0 Å². The molecule has 4 heteroatoms. The number of carboxylic acid groups (broad SMARTS) is 1. The fraction of sp³-hybridized carbons (Fsp3) is 0.778. The molecule has 0 atom stereocenters. The summed E-state index contributed by atoms with van der Waals surface area (Å²) in [6, 6.07) is 0. The van der Waals surface area contributed by atoms with Gasteiger partial charge in [-0.05, 0) is 55.8 Å². The second-order valence-corrected chi connectivity index (χ2v) is 7.55. The lowest BCUT2D eigenvalue weighted by molar-refractivity contribution is -0.150. The van der Waals surface area contributed by atoms with E-state index in [0.29, 0.717) is 11.3 Å². The molecule has 2 fully saturated rings. The topological polar surface area (TPSA) is 63.6 Å². The van der Waals surface area contributed by atoms with E-state index < -0.39 is 11.9 Å². The van der Waals surface area contributed by atoms with Crippen LogP contribution in [0.4, 0.5) is 0 Å². The quantitative estimate of drug-likeness (QED) is 0.596. The molecule has 0 aliphatic heterocycles. The lowest BCUT2D eigenvalue weighted by atomic mass is 9.66. The number of carboxylic acids is 1. The van der Waals surface area contributed by atoms with Crippen LogP contribution in [0.5, 0.6) is 0 Å². The van der Waals surface area contributed by atoms with Gasteiger partial charge in [0.15, 0.2) is 0 Å². The third-order valence-electron chi connectivity index (χ3n) is 5.90. The van der Waals surface area contributed by atoms with Crippen LogP contribution in [0.15, 0.2) is 12.2 Å². The molecule has 0 heterocycles. The first kappa shape index (κ1) is 17.0. The smallest absolute Gasteiger partial charge is 0.331 e. The minimum atomic E-state index is -1.12. The molecule has 0 spiro atoms. The van der Waals surface area contributed by atoms with Gasteiger partial charge >= 0.3 is 11.9 Å². The van der Waals surface area contributed by atoms with Crippen LogP contribution in [0, 0.1) is 17.3 Å². The summed E-state index contributed by atoms with van der Waals surface area (Å²) >= 11 is 0. The van der Waals surface area contributed by atoms with Crippen molar-refractivity contribution < 1.29 is 19.4 Å². The van der Waals surface area contributed by atoms with E-state index in [1.165, 1.54) is 19.3 Å². The minimum Gasteiger partial charge on any atom is -0.478 e. The maximum atomic E-state index is 11.7. The van der Waals surface area contributed by atoms with Gasteiger partial charge in [0.05, 0.1) is 0 Å². The summed E-state index contributed by atoms with van der Waals surface area (Å²) in [5.41, 5.74) is 0.0871. The van der Waals surface area contributed by atoms with Gasteiger partial charge in [0.2, 0.25) is 0 Å². The van der Waals surface area contributed by atoms with Crippen molar-refractivity contribution in [2.24, 2.45) is 17.3 Å². The van der Waals surface area contributed by atoms with Crippen molar-refractivity contribution >= 4 is 11.9 Å². The fourth-order valence-corrected chi connectivity index (χ4v) is 3.78. The number of esters is 1. The predicted molar refractivity (Wildman–Crippen MR) is 84.4 cm³/mol. The fourth-order valence-electron chi connectivity index (χ4n) is 3.78. The number of hydrogen-bond donors (Lipinski definition) is 1. The number of hydrogen-bond acceptors (Lipinski definition) is 3. The summed E-state index contributed by atoms with van der Waals surface area (Å²) in [6.07, 6.45) is 9.55. The first-order chi connectivity index (χ1) is 10.3. The average Bonchev–Trinajstić information content (AvgIpc) is 3.26. The van der Waals surface area contributed by atoms with E-state index in [9.17, 15) is 9.59 Å². The van der Waals surface area contributed by atoms with E-state index in [0.717, 1.165) is 43.8 Å². The summed E-state index contributed by atoms with van der Waals surface area (Å²) in [5, 5.41) is 8.56. The second-order valence-electron chi connectivity index (χ2n) is 7.55. The number of carbonyl (C=O) groups excluding carboxylic acids is 1. The maximum absolute atomic E-state index is 11.7. The Morgan fingerprint density at radius 2 is 1.77 bits per heavy atom. The normalized spacial score (nSPS) is 27.6. The number of aliphatic carboxylic acids is 1. The van der Waals surface area contributed by atoms with E-state index >= 15 is 0 Å². The molecule has 2 rings (SSSR count). The maximum Gasteiger partial charge on any atom is 0.331 e. The molecule has 0 aromatic carbocycles. The van der Waals surface area contributed by atoms with Gasteiger partial charge < -0.3 is 9.84 Å². The Bertz CT molecular complexity index is 452. The van der Waals surface area contributed by atoms with Gasteiger partial charge in [-0.15, -0.1) is 0 Å². The van der Waals surface area contributed by atoms with E-state index in [1.54, 1.807) is 0 Å². The van der Waals surface area contributed by atoms with Crippen molar-refractivity contribution in [1.82, 2.24) is 0 Å². The lowest BCUT2D eigenvalue weighted by Gasteiger charge is -2.40. The summed E-state index contributed by atoms with van der Waals surface area (Å²) in [4.78, 5) is 22.2. The van der Waals surface area contributed by atoms with Gasteiger partial charge in [-0.25, -0.2) is 9.59 Å². The van der Waals surface area contributed by atoms with Crippen molar-refractivity contribution in [1.29, 1.82) is 0 Å². The van der Waals surface area contributed by atoms with Crippen LogP contribution >= 0.6 is 0 Å². The van der Waals surface area contributed by atoms with E-state index in [4.69, 9.17) is 9.84 Å². The van der Waals surface area contributed by atoms with Crippen molar-refractivity contribution in [2.75, 3.05) is 0 Å². The van der Waals surface area contributed by atoms with Gasteiger partial charge in [0.25, 0.3) is 0 Å². The van der Waals surface area contributed by atoms with Gasteiger partial charge in [0.1, 0.15) is 5.60 Å². The number of rotatable bonds is 6. The molecule has 2 saturated carbocycles. The van der Waals surface area contributed by atoms with Crippen LogP contribution in [-0.4, -0.2) is 22.6 Å². The zero-order valence-corrected chi connectivity index (χ0v) is 13.9. The van der Waals surface area contributed by atoms with Crippen LogP contribution in [0.1, 0.15) is 65.7 Å². The SMILES string of the molecule is CCC(C)(C)C1CCC(C2(OC(=O)/C=C/C(=O)O)CC2)CC1. The Balaban J connectivity index is 1.88. The van der Waals surface area contributed by atoms with Crippen LogP contribution in [0.25, 0.3) is 0 Å². The largest absolute Gasteiger partial charge is 0.478 e. The first-order valence-electron chi connectivity index (χ1n) is 8.43. The van der Waals surface area contributed by atoms with Crippen molar-refractivity contribution in [3.63, 3.8) is 0 Å². The highest BCUT2D eigenvalue weighted by molar-refractivity contribution is 5.91. The van der Waals surface area contributed by atoms with E-state index in [1.807, 2.05) is 0 Å². The highest BCUT2D eigenvalue weighted by Gasteiger charge is 2.53. The Morgan fingerprint density at radius 3 is 2.23 bits per heavy atom. The molecule has 2 aliphatic rings. The van der Waals surface area contributed by atoms with Gasteiger partial charge in [0, 0.05) is 12.2 Å². The summed E-state index contributed by atoms with van der Waals surface area (Å²) in [6.45, 7) is 6.95. The highest BCUT2D eigenvalue weighted by atomic mass is 16.6. The summed E-state index contributed by atoms with van der Waals surface area (Å²) in [5.74, 6) is -0.439. The van der Waals surface area contributed by atoms with Crippen molar-refractivity contribution in [3.05, 3.63) is 12.2 Å². The monoisotopic (exact) mass is 308 g/mol. The highest BCUT2D eigenvalue weighted by Crippen LogP contribution is 2.54. The zero-order chi connectivity index (χ0) is 16.4. The van der Waals surface area contributed by atoms with Crippen LogP contribution in [0.2, 0.25) is 0 Å². The van der Waals surface area contributed by atoms with Crippen LogP contribution in [0.3, 0.4) is 0 Å². The van der Waals surface area contributed by atoms with Crippen LogP contribution in [-0.2, 0) is 14.3 Å². The molecule has 22 heavy (non-hydrogen) atoms. The minimum absolute atomic E-state index is 0.304. The lowest BCUT2D eigenvalue weighted by Crippen LogP contribution is -2.35. The molecule has 124 valence electrons. The van der Waals surface area contributed by atoms with Gasteiger partial charge in [-0.2, -0.15) is 0 Å². The summed E-state index contributed by atoms with van der Waals surface area (Å²) < 4.78 is 5.60. The molecular weight excluding hydrogens is 280 g/mol. The summed E-state index contributed by atoms with van der Waals surface area (Å²) in [7, 11) is 0.